The summed E-state index contributed by atoms with van der Waals surface area (Å²) in [6.45, 7) is 0. The van der Waals surface area contributed by atoms with Crippen LogP contribution in [0.2, 0.25) is 10.0 Å². The van der Waals surface area contributed by atoms with Crippen LogP contribution < -0.4 is 4.74 Å². The van der Waals surface area contributed by atoms with Crippen molar-refractivity contribution in [2.24, 2.45) is 0 Å². The summed E-state index contributed by atoms with van der Waals surface area (Å²) in [5.74, 6) is 0.711. The van der Waals surface area contributed by atoms with Crippen molar-refractivity contribution in [3.63, 3.8) is 0 Å². The SMILES string of the molecule is COc1ccc(C2=C([N+](=O)[O-])C(c3ccc(Cl)c(Cl)c3)=CCC2)cc1. The van der Waals surface area contributed by atoms with Crippen LogP contribution in [-0.2, 0) is 0 Å². The quantitative estimate of drug-likeness (QED) is 0.496. The first kappa shape index (κ1) is 17.5. The van der Waals surface area contributed by atoms with Crippen LogP contribution >= 0.6 is 23.2 Å². The van der Waals surface area contributed by atoms with Crippen LogP contribution in [0.1, 0.15) is 24.0 Å². The Hall–Kier alpha value is -2.30. The molecule has 0 saturated heterocycles. The molecule has 0 unspecified atom stereocenters. The van der Waals surface area contributed by atoms with Gasteiger partial charge in [0.2, 0.25) is 0 Å². The van der Waals surface area contributed by atoms with E-state index in [1.54, 1.807) is 37.4 Å². The Morgan fingerprint density at radius 2 is 1.72 bits per heavy atom. The minimum Gasteiger partial charge on any atom is -0.497 e. The first-order valence-corrected chi connectivity index (χ1v) is 8.44. The summed E-state index contributed by atoms with van der Waals surface area (Å²) in [6.07, 6.45) is 3.20. The second-order valence-corrected chi connectivity index (χ2v) is 6.41. The molecule has 6 heteroatoms. The zero-order chi connectivity index (χ0) is 18.0. The van der Waals surface area contributed by atoms with E-state index in [4.69, 9.17) is 27.9 Å². The number of hydrogen-bond donors (Lipinski definition) is 0. The number of allylic oxidation sites excluding steroid dienone is 3. The Kier molecular flexibility index (Phi) is 5.11. The van der Waals surface area contributed by atoms with Crippen molar-refractivity contribution < 1.29 is 9.66 Å². The van der Waals surface area contributed by atoms with Crippen LogP contribution in [0.3, 0.4) is 0 Å². The Balaban J connectivity index is 2.12. The maximum Gasteiger partial charge on any atom is 0.280 e. The summed E-state index contributed by atoms with van der Waals surface area (Å²) in [6, 6.07) is 12.4. The second kappa shape index (κ2) is 7.30. The minimum absolute atomic E-state index is 0.106. The lowest BCUT2D eigenvalue weighted by Crippen LogP contribution is -2.09. The highest BCUT2D eigenvalue weighted by Crippen LogP contribution is 2.39. The third-order valence-electron chi connectivity index (χ3n) is 4.14. The van der Waals surface area contributed by atoms with Crippen molar-refractivity contribution in [2.75, 3.05) is 7.11 Å². The second-order valence-electron chi connectivity index (χ2n) is 5.60. The summed E-state index contributed by atoms with van der Waals surface area (Å²) in [4.78, 5) is 11.5. The largest absolute Gasteiger partial charge is 0.497 e. The van der Waals surface area contributed by atoms with Crippen LogP contribution in [0.4, 0.5) is 0 Å². The van der Waals surface area contributed by atoms with Crippen LogP contribution in [0.5, 0.6) is 5.75 Å². The molecule has 0 atom stereocenters. The van der Waals surface area contributed by atoms with Crippen molar-refractivity contribution in [3.05, 3.63) is 85.5 Å². The van der Waals surface area contributed by atoms with Gasteiger partial charge >= 0.3 is 0 Å². The molecular weight excluding hydrogens is 361 g/mol. The van der Waals surface area contributed by atoms with E-state index in [0.29, 0.717) is 45.3 Å². The van der Waals surface area contributed by atoms with Gasteiger partial charge in [-0.1, -0.05) is 47.5 Å². The fourth-order valence-electron chi connectivity index (χ4n) is 2.94. The van der Waals surface area contributed by atoms with Gasteiger partial charge in [-0.3, -0.25) is 10.1 Å². The first-order valence-electron chi connectivity index (χ1n) is 7.69. The molecular formula is C19H15Cl2NO3. The van der Waals surface area contributed by atoms with Gasteiger partial charge in [-0.05, 0) is 48.2 Å². The van der Waals surface area contributed by atoms with E-state index in [2.05, 4.69) is 0 Å². The van der Waals surface area contributed by atoms with Gasteiger partial charge < -0.3 is 4.74 Å². The Morgan fingerprint density at radius 1 is 1.04 bits per heavy atom. The number of nitrogens with zero attached hydrogens (tertiary/aromatic N) is 1. The lowest BCUT2D eigenvalue weighted by atomic mass is 9.88. The third-order valence-corrected chi connectivity index (χ3v) is 4.87. The molecule has 0 aliphatic heterocycles. The summed E-state index contributed by atoms with van der Waals surface area (Å²) < 4.78 is 5.16. The fraction of sp³-hybridized carbons (Fsp3) is 0.158. The van der Waals surface area contributed by atoms with Gasteiger partial charge in [0.15, 0.2) is 0 Å². The highest BCUT2D eigenvalue weighted by molar-refractivity contribution is 6.42. The molecule has 1 aliphatic carbocycles. The van der Waals surface area contributed by atoms with Crippen molar-refractivity contribution in [3.8, 4) is 5.75 Å². The van der Waals surface area contributed by atoms with E-state index < -0.39 is 0 Å². The van der Waals surface area contributed by atoms with Gasteiger partial charge in [-0.15, -0.1) is 0 Å². The number of nitro groups is 1. The van der Waals surface area contributed by atoms with Gasteiger partial charge in [0, 0.05) is 5.57 Å². The predicted molar refractivity (Wildman–Crippen MR) is 101 cm³/mol. The van der Waals surface area contributed by atoms with Crippen molar-refractivity contribution in [2.45, 2.75) is 12.8 Å². The van der Waals surface area contributed by atoms with E-state index in [1.165, 1.54) is 0 Å². The standard InChI is InChI=1S/C19H15Cl2NO3/c1-25-14-8-5-12(6-9-14)15-3-2-4-16(19(15)22(23)24)13-7-10-17(20)18(21)11-13/h4-11H,2-3H2,1H3. The predicted octanol–water partition coefficient (Wildman–Crippen LogP) is 5.87. The fourth-order valence-corrected chi connectivity index (χ4v) is 3.24. The van der Waals surface area contributed by atoms with E-state index in [1.807, 2.05) is 18.2 Å². The molecule has 0 saturated carbocycles. The molecule has 0 spiro atoms. The van der Waals surface area contributed by atoms with E-state index >= 15 is 0 Å². The number of rotatable bonds is 4. The van der Waals surface area contributed by atoms with Crippen LogP contribution in [0, 0.1) is 10.1 Å². The number of halogens is 2. The average molecular weight is 376 g/mol. The molecule has 0 amide bonds. The normalized spacial score (nSPS) is 14.3. The van der Waals surface area contributed by atoms with Crippen molar-refractivity contribution in [1.29, 1.82) is 0 Å². The molecule has 1 aliphatic rings. The van der Waals surface area contributed by atoms with Gasteiger partial charge in [-0.2, -0.15) is 0 Å². The zero-order valence-electron chi connectivity index (χ0n) is 13.5. The summed E-state index contributed by atoms with van der Waals surface area (Å²) >= 11 is 12.1. The summed E-state index contributed by atoms with van der Waals surface area (Å²) in [5.41, 5.74) is 2.89. The number of hydrogen-bond acceptors (Lipinski definition) is 3. The maximum absolute atomic E-state index is 11.8. The molecule has 0 fully saturated rings. The molecule has 0 N–H and O–H groups in total. The maximum atomic E-state index is 11.8. The highest BCUT2D eigenvalue weighted by atomic mass is 35.5. The minimum atomic E-state index is -0.326. The molecule has 3 rings (SSSR count). The number of methoxy groups -OCH3 is 1. The Bertz CT molecular complexity index is 886. The van der Waals surface area contributed by atoms with E-state index in [-0.39, 0.29) is 10.6 Å². The molecule has 0 aromatic heterocycles. The van der Waals surface area contributed by atoms with Gasteiger partial charge in [0.05, 0.1) is 27.7 Å². The first-order chi connectivity index (χ1) is 12.0. The molecule has 0 radical (unpaired) electrons. The lowest BCUT2D eigenvalue weighted by molar-refractivity contribution is -0.416. The lowest BCUT2D eigenvalue weighted by Gasteiger charge is -2.17. The summed E-state index contributed by atoms with van der Waals surface area (Å²) in [7, 11) is 1.59. The van der Waals surface area contributed by atoms with Gasteiger partial charge in [0.25, 0.3) is 5.70 Å². The van der Waals surface area contributed by atoms with Crippen molar-refractivity contribution in [1.82, 2.24) is 0 Å². The molecule has 2 aromatic rings. The average Bonchev–Trinajstić information content (AvgIpc) is 2.63. The molecule has 25 heavy (non-hydrogen) atoms. The van der Waals surface area contributed by atoms with E-state index in [9.17, 15) is 10.1 Å². The van der Waals surface area contributed by atoms with Gasteiger partial charge in [-0.25, -0.2) is 0 Å². The van der Waals surface area contributed by atoms with Crippen molar-refractivity contribution >= 4 is 34.3 Å². The topological polar surface area (TPSA) is 52.4 Å². The smallest absolute Gasteiger partial charge is 0.280 e. The number of ether oxygens (including phenoxy) is 1. The molecule has 4 nitrogen and oxygen atoms in total. The van der Waals surface area contributed by atoms with Crippen LogP contribution in [0.25, 0.3) is 11.1 Å². The monoisotopic (exact) mass is 375 g/mol. The Morgan fingerprint density at radius 3 is 2.32 bits per heavy atom. The van der Waals surface area contributed by atoms with Crippen LogP contribution in [0.15, 0.2) is 54.2 Å². The van der Waals surface area contributed by atoms with Crippen LogP contribution in [-0.4, -0.2) is 12.0 Å². The van der Waals surface area contributed by atoms with Gasteiger partial charge in [0.1, 0.15) is 5.75 Å². The summed E-state index contributed by atoms with van der Waals surface area (Å²) in [5, 5.41) is 12.6. The molecule has 0 bridgehead atoms. The molecule has 128 valence electrons. The highest BCUT2D eigenvalue weighted by Gasteiger charge is 2.28. The molecule has 2 aromatic carbocycles. The molecule has 0 heterocycles. The third kappa shape index (κ3) is 3.55. The zero-order valence-corrected chi connectivity index (χ0v) is 15.0. The number of benzene rings is 2. The van der Waals surface area contributed by atoms with E-state index in [0.717, 1.165) is 5.56 Å². The Labute approximate surface area is 155 Å².